The van der Waals surface area contributed by atoms with Gasteiger partial charge in [-0.3, -0.25) is 15.0 Å². The predicted molar refractivity (Wildman–Crippen MR) is 111 cm³/mol. The number of hydrogen-bond donors (Lipinski definition) is 2. The van der Waals surface area contributed by atoms with Crippen molar-refractivity contribution in [3.8, 4) is 0 Å². The van der Waals surface area contributed by atoms with Crippen LogP contribution in [0.5, 0.6) is 0 Å². The fourth-order valence-corrected chi connectivity index (χ4v) is 3.03. The lowest BCUT2D eigenvalue weighted by atomic mass is 9.82. The van der Waals surface area contributed by atoms with Gasteiger partial charge in [0.15, 0.2) is 5.82 Å². The number of pyridine rings is 1. The molecule has 0 aliphatic heterocycles. The van der Waals surface area contributed by atoms with Crippen molar-refractivity contribution in [2.75, 3.05) is 11.9 Å². The minimum absolute atomic E-state index is 0.00305. The van der Waals surface area contributed by atoms with E-state index in [1.54, 1.807) is 18.5 Å². The van der Waals surface area contributed by atoms with Gasteiger partial charge in [-0.05, 0) is 41.5 Å². The van der Waals surface area contributed by atoms with Gasteiger partial charge in [0.2, 0.25) is 0 Å². The van der Waals surface area contributed by atoms with Crippen LogP contribution in [0.1, 0.15) is 31.4 Å². The molecule has 6 heteroatoms. The Morgan fingerprint density at radius 1 is 1.07 bits per heavy atom. The number of rotatable bonds is 8. The Balaban J connectivity index is 1.42. The molecule has 2 amide bonds. The lowest BCUT2D eigenvalue weighted by Crippen LogP contribution is -2.33. The molecule has 0 fully saturated rings. The molecule has 2 aromatic heterocycles. The van der Waals surface area contributed by atoms with E-state index in [4.69, 9.17) is 0 Å². The van der Waals surface area contributed by atoms with Gasteiger partial charge in [0.05, 0.1) is 0 Å². The smallest absolute Gasteiger partial charge is 0.320 e. The zero-order valence-corrected chi connectivity index (χ0v) is 16.4. The molecule has 0 unspecified atom stereocenters. The summed E-state index contributed by atoms with van der Waals surface area (Å²) < 4.78 is 1.83. The summed E-state index contributed by atoms with van der Waals surface area (Å²) >= 11 is 0. The number of carbonyl (C=O) groups excluding carboxylic acids is 1. The third kappa shape index (κ3) is 5.67. The van der Waals surface area contributed by atoms with Gasteiger partial charge < -0.3 is 5.32 Å². The minimum Gasteiger partial charge on any atom is -0.338 e. The molecule has 0 bridgehead atoms. The van der Waals surface area contributed by atoms with E-state index in [1.165, 1.54) is 11.1 Å². The summed E-state index contributed by atoms with van der Waals surface area (Å²) in [5, 5.41) is 10.1. The van der Waals surface area contributed by atoms with Crippen molar-refractivity contribution in [1.29, 1.82) is 0 Å². The highest BCUT2D eigenvalue weighted by Crippen LogP contribution is 2.26. The molecule has 0 radical (unpaired) electrons. The third-order valence-corrected chi connectivity index (χ3v) is 4.85. The second-order valence-electron chi connectivity index (χ2n) is 7.45. The number of aromatic nitrogens is 3. The minimum atomic E-state index is -0.233. The number of hydrogen-bond acceptors (Lipinski definition) is 3. The largest absolute Gasteiger partial charge is 0.338 e. The van der Waals surface area contributed by atoms with E-state index >= 15 is 0 Å². The van der Waals surface area contributed by atoms with Crippen LogP contribution in [-0.4, -0.2) is 27.3 Å². The number of amides is 2. The average molecular weight is 377 g/mol. The van der Waals surface area contributed by atoms with Crippen molar-refractivity contribution in [3.05, 3.63) is 78.2 Å². The molecular weight excluding hydrogens is 350 g/mol. The second kappa shape index (κ2) is 9.17. The summed E-state index contributed by atoms with van der Waals surface area (Å²) in [6.45, 7) is 5.72. The van der Waals surface area contributed by atoms with Gasteiger partial charge in [0.25, 0.3) is 0 Å². The van der Waals surface area contributed by atoms with Gasteiger partial charge in [-0.2, -0.15) is 5.10 Å². The number of urea groups is 1. The van der Waals surface area contributed by atoms with Gasteiger partial charge in [-0.1, -0.05) is 44.2 Å². The molecule has 0 aliphatic rings. The normalized spacial score (nSPS) is 11.2. The molecule has 6 nitrogen and oxygen atoms in total. The topological polar surface area (TPSA) is 71.8 Å². The summed E-state index contributed by atoms with van der Waals surface area (Å²) in [4.78, 5) is 16.2. The molecular formula is C22H27N5O. The Labute approximate surface area is 166 Å². The van der Waals surface area contributed by atoms with Crippen molar-refractivity contribution >= 4 is 11.8 Å². The number of aryl methyl sites for hydroxylation is 2. The predicted octanol–water partition coefficient (Wildman–Crippen LogP) is 4.01. The molecule has 0 aliphatic carbocycles. The number of benzene rings is 1. The fraction of sp³-hybridized carbons (Fsp3) is 0.318. The van der Waals surface area contributed by atoms with E-state index in [2.05, 4.69) is 46.7 Å². The van der Waals surface area contributed by atoms with Gasteiger partial charge in [-0.15, -0.1) is 0 Å². The molecule has 0 saturated heterocycles. The summed E-state index contributed by atoms with van der Waals surface area (Å²) in [6, 6.07) is 15.9. The van der Waals surface area contributed by atoms with Crippen LogP contribution in [0.15, 0.2) is 67.1 Å². The van der Waals surface area contributed by atoms with Gasteiger partial charge >= 0.3 is 6.03 Å². The highest BCUT2D eigenvalue weighted by atomic mass is 16.2. The van der Waals surface area contributed by atoms with Crippen molar-refractivity contribution in [2.45, 2.75) is 38.6 Å². The quantitative estimate of drug-likeness (QED) is 0.623. The summed E-state index contributed by atoms with van der Waals surface area (Å²) in [5.74, 6) is 0.551. The van der Waals surface area contributed by atoms with E-state index in [9.17, 15) is 4.79 Å². The molecule has 3 rings (SSSR count). The third-order valence-electron chi connectivity index (χ3n) is 4.85. The molecule has 146 valence electrons. The van der Waals surface area contributed by atoms with Crippen LogP contribution in [-0.2, 0) is 18.4 Å². The first-order valence-corrected chi connectivity index (χ1v) is 9.56. The number of anilines is 1. The highest BCUT2D eigenvalue weighted by Gasteiger charge is 2.20. The Morgan fingerprint density at radius 2 is 1.82 bits per heavy atom. The number of nitrogens with one attached hydrogen (secondary N) is 2. The van der Waals surface area contributed by atoms with Crippen molar-refractivity contribution in [2.24, 2.45) is 0 Å². The second-order valence-corrected chi connectivity index (χ2v) is 7.45. The number of nitrogens with zero attached hydrogens (tertiary/aromatic N) is 3. The Bertz CT molecular complexity index is 874. The SMILES string of the molecule is CC(C)(CCNC(=O)Nc1ccn(CCc2ccncc2)n1)c1ccccc1. The highest BCUT2D eigenvalue weighted by molar-refractivity contribution is 5.88. The Morgan fingerprint density at radius 3 is 2.57 bits per heavy atom. The zero-order valence-electron chi connectivity index (χ0n) is 16.4. The fourth-order valence-electron chi connectivity index (χ4n) is 3.03. The van der Waals surface area contributed by atoms with Gasteiger partial charge in [0.1, 0.15) is 0 Å². The first-order chi connectivity index (χ1) is 13.5. The summed E-state index contributed by atoms with van der Waals surface area (Å²) in [6.07, 6.45) is 7.16. The van der Waals surface area contributed by atoms with Crippen LogP contribution >= 0.6 is 0 Å². The van der Waals surface area contributed by atoms with Crippen LogP contribution in [0.2, 0.25) is 0 Å². The maximum absolute atomic E-state index is 12.1. The monoisotopic (exact) mass is 377 g/mol. The molecule has 0 atom stereocenters. The molecule has 1 aromatic carbocycles. The van der Waals surface area contributed by atoms with Gasteiger partial charge in [-0.25, -0.2) is 4.79 Å². The first-order valence-electron chi connectivity index (χ1n) is 9.56. The standard InChI is InChI=1S/C22H27N5O/c1-22(2,19-6-4-3-5-7-19)12-15-24-21(28)25-20-11-17-27(26-20)16-10-18-8-13-23-14-9-18/h3-9,11,13-14,17H,10,12,15-16H2,1-2H3,(H2,24,25,26,28). The van der Waals surface area contributed by atoms with Crippen LogP contribution in [0.25, 0.3) is 0 Å². The average Bonchev–Trinajstić information content (AvgIpc) is 3.15. The summed E-state index contributed by atoms with van der Waals surface area (Å²) in [5.41, 5.74) is 2.48. The molecule has 2 N–H and O–H groups in total. The molecule has 0 saturated carbocycles. The van der Waals surface area contributed by atoms with E-state index in [0.717, 1.165) is 19.4 Å². The summed E-state index contributed by atoms with van der Waals surface area (Å²) in [7, 11) is 0. The maximum atomic E-state index is 12.1. The maximum Gasteiger partial charge on any atom is 0.320 e. The van der Waals surface area contributed by atoms with E-state index in [-0.39, 0.29) is 11.4 Å². The lowest BCUT2D eigenvalue weighted by Gasteiger charge is -2.25. The van der Waals surface area contributed by atoms with Crippen LogP contribution in [0, 0.1) is 0 Å². The number of carbonyl (C=O) groups is 1. The van der Waals surface area contributed by atoms with Crippen LogP contribution in [0.3, 0.4) is 0 Å². The van der Waals surface area contributed by atoms with Crippen LogP contribution in [0.4, 0.5) is 10.6 Å². The zero-order chi connectivity index (χ0) is 19.8. The first kappa shape index (κ1) is 19.6. The lowest BCUT2D eigenvalue weighted by molar-refractivity contribution is 0.251. The van der Waals surface area contributed by atoms with E-state index in [1.807, 2.05) is 41.2 Å². The Kier molecular flexibility index (Phi) is 6.42. The van der Waals surface area contributed by atoms with Crippen molar-refractivity contribution < 1.29 is 4.79 Å². The Hall–Kier alpha value is -3.15. The van der Waals surface area contributed by atoms with Crippen molar-refractivity contribution in [1.82, 2.24) is 20.1 Å². The van der Waals surface area contributed by atoms with Crippen LogP contribution < -0.4 is 10.6 Å². The molecule has 28 heavy (non-hydrogen) atoms. The molecule has 3 aromatic rings. The van der Waals surface area contributed by atoms with Crippen molar-refractivity contribution in [3.63, 3.8) is 0 Å². The van der Waals surface area contributed by atoms with E-state index in [0.29, 0.717) is 12.4 Å². The van der Waals surface area contributed by atoms with E-state index < -0.39 is 0 Å². The molecule has 0 spiro atoms. The molecule has 2 heterocycles. The van der Waals surface area contributed by atoms with Gasteiger partial charge in [0, 0.05) is 37.7 Å².